The zero-order valence-corrected chi connectivity index (χ0v) is 17.4. The molecule has 0 saturated carbocycles. The Kier molecular flexibility index (Phi) is 4.24. The molecular weight excluding hydrogens is 372 g/mol. The SMILES string of the molecule is O=C1Nc2cccc3c2C1(CCCCN1CCc2c(oc4ccccc24)C1)CCC3. The van der Waals surface area contributed by atoms with Crippen LogP contribution in [0.5, 0.6) is 0 Å². The van der Waals surface area contributed by atoms with Gasteiger partial charge in [-0.1, -0.05) is 36.8 Å². The molecule has 1 aliphatic carbocycles. The zero-order chi connectivity index (χ0) is 20.1. The Morgan fingerprint density at radius 1 is 1.07 bits per heavy atom. The minimum absolute atomic E-state index is 0.231. The Morgan fingerprint density at radius 3 is 2.97 bits per heavy atom. The van der Waals surface area contributed by atoms with E-state index in [0.717, 1.165) is 81.6 Å². The van der Waals surface area contributed by atoms with Gasteiger partial charge in [0.1, 0.15) is 11.3 Å². The number of hydrogen-bond acceptors (Lipinski definition) is 3. The summed E-state index contributed by atoms with van der Waals surface area (Å²) in [6.45, 7) is 3.07. The van der Waals surface area contributed by atoms with Crippen LogP contribution in [0.4, 0.5) is 5.69 Å². The number of unbranched alkanes of at least 4 members (excludes halogenated alkanes) is 1. The second kappa shape index (κ2) is 6.98. The van der Waals surface area contributed by atoms with Crippen molar-refractivity contribution in [2.75, 3.05) is 18.4 Å². The number of carbonyl (C=O) groups excluding carboxylic acids is 1. The van der Waals surface area contributed by atoms with E-state index in [1.165, 1.54) is 22.1 Å². The molecule has 1 unspecified atom stereocenters. The summed E-state index contributed by atoms with van der Waals surface area (Å²) in [6, 6.07) is 14.8. The van der Waals surface area contributed by atoms with Gasteiger partial charge >= 0.3 is 0 Å². The summed E-state index contributed by atoms with van der Waals surface area (Å²) >= 11 is 0. The Hall–Kier alpha value is -2.59. The summed E-state index contributed by atoms with van der Waals surface area (Å²) in [5, 5.41) is 4.45. The topological polar surface area (TPSA) is 45.5 Å². The first-order valence-corrected chi connectivity index (χ1v) is 11.4. The number of furan rings is 1. The van der Waals surface area contributed by atoms with Crippen LogP contribution < -0.4 is 5.32 Å². The third-order valence-electron chi connectivity index (χ3n) is 7.52. The van der Waals surface area contributed by atoms with Crippen LogP contribution in [0.2, 0.25) is 0 Å². The van der Waals surface area contributed by atoms with Crippen LogP contribution in [0.25, 0.3) is 11.0 Å². The molecule has 30 heavy (non-hydrogen) atoms. The molecule has 3 aromatic rings. The predicted octanol–water partition coefficient (Wildman–Crippen LogP) is 5.19. The lowest BCUT2D eigenvalue weighted by molar-refractivity contribution is -0.121. The normalized spacial score (nSPS) is 22.7. The van der Waals surface area contributed by atoms with Crippen LogP contribution in [0, 0.1) is 0 Å². The first kappa shape index (κ1) is 18.2. The van der Waals surface area contributed by atoms with Crippen LogP contribution in [0.1, 0.15) is 54.6 Å². The first-order valence-electron chi connectivity index (χ1n) is 11.4. The van der Waals surface area contributed by atoms with Gasteiger partial charge in [-0.2, -0.15) is 0 Å². The van der Waals surface area contributed by atoms with Crippen molar-refractivity contribution < 1.29 is 9.21 Å². The second-order valence-electron chi connectivity index (χ2n) is 9.21. The number of fused-ring (bicyclic) bond motifs is 3. The summed E-state index contributed by atoms with van der Waals surface area (Å²) < 4.78 is 6.12. The molecule has 0 bridgehead atoms. The van der Waals surface area contributed by atoms with E-state index in [-0.39, 0.29) is 11.3 Å². The number of nitrogens with zero attached hydrogens (tertiary/aromatic N) is 1. The molecule has 0 saturated heterocycles. The van der Waals surface area contributed by atoms with Crippen molar-refractivity contribution in [3.05, 3.63) is 64.9 Å². The van der Waals surface area contributed by atoms with Gasteiger partial charge in [0.25, 0.3) is 0 Å². The molecule has 1 amide bonds. The maximum absolute atomic E-state index is 13.0. The molecule has 4 nitrogen and oxygen atoms in total. The molecule has 1 aromatic heterocycles. The van der Waals surface area contributed by atoms with E-state index in [9.17, 15) is 4.79 Å². The highest BCUT2D eigenvalue weighted by molar-refractivity contribution is 6.07. The van der Waals surface area contributed by atoms with E-state index in [1.807, 2.05) is 6.07 Å². The van der Waals surface area contributed by atoms with Crippen molar-refractivity contribution in [3.63, 3.8) is 0 Å². The Bertz CT molecular complexity index is 1130. The fourth-order valence-electron chi connectivity index (χ4n) is 6.07. The van der Waals surface area contributed by atoms with Gasteiger partial charge in [-0.05, 0) is 68.3 Å². The van der Waals surface area contributed by atoms with Gasteiger partial charge in [-0.3, -0.25) is 9.69 Å². The molecule has 4 heteroatoms. The molecule has 2 aromatic carbocycles. The molecule has 1 N–H and O–H groups in total. The number of aryl methyl sites for hydroxylation is 1. The van der Waals surface area contributed by atoms with Crippen molar-refractivity contribution in [1.29, 1.82) is 0 Å². The van der Waals surface area contributed by atoms with E-state index < -0.39 is 0 Å². The summed E-state index contributed by atoms with van der Waals surface area (Å²) in [6.07, 6.45) is 7.46. The Balaban J connectivity index is 1.11. The minimum atomic E-state index is -0.280. The van der Waals surface area contributed by atoms with Crippen LogP contribution in [0.3, 0.4) is 0 Å². The summed E-state index contributed by atoms with van der Waals surface area (Å²) in [5.41, 5.74) is 5.89. The standard InChI is InChI=1S/C26H28N2O2/c29-25-26(14-6-8-18-7-5-10-21(27-25)24(18)26)13-3-4-15-28-16-12-20-19-9-1-2-11-22(19)30-23(20)17-28/h1-2,5,7,9-11H,3-4,6,8,12-17H2,(H,27,29). The van der Waals surface area contributed by atoms with Crippen LogP contribution >= 0.6 is 0 Å². The van der Waals surface area contributed by atoms with Crippen molar-refractivity contribution in [2.45, 2.75) is 56.9 Å². The fraction of sp³-hybridized carbons (Fsp3) is 0.423. The monoisotopic (exact) mass is 400 g/mol. The van der Waals surface area contributed by atoms with Crippen molar-refractivity contribution in [2.24, 2.45) is 0 Å². The lowest BCUT2D eigenvalue weighted by Crippen LogP contribution is -2.37. The molecule has 3 aliphatic rings. The zero-order valence-electron chi connectivity index (χ0n) is 17.4. The smallest absolute Gasteiger partial charge is 0.235 e. The predicted molar refractivity (Wildman–Crippen MR) is 119 cm³/mol. The molecule has 0 radical (unpaired) electrons. The van der Waals surface area contributed by atoms with Gasteiger partial charge in [-0.15, -0.1) is 0 Å². The maximum atomic E-state index is 13.0. The van der Waals surface area contributed by atoms with Gasteiger partial charge in [0.05, 0.1) is 12.0 Å². The third-order valence-corrected chi connectivity index (χ3v) is 7.52. The van der Waals surface area contributed by atoms with Crippen LogP contribution in [-0.4, -0.2) is 23.9 Å². The van der Waals surface area contributed by atoms with E-state index in [4.69, 9.17) is 4.42 Å². The van der Waals surface area contributed by atoms with Gasteiger partial charge in [-0.25, -0.2) is 0 Å². The van der Waals surface area contributed by atoms with Crippen molar-refractivity contribution in [3.8, 4) is 0 Å². The lowest BCUT2D eigenvalue weighted by atomic mass is 9.68. The Morgan fingerprint density at radius 2 is 2.00 bits per heavy atom. The number of nitrogens with one attached hydrogen (secondary N) is 1. The number of hydrogen-bond donors (Lipinski definition) is 1. The molecule has 154 valence electrons. The van der Waals surface area contributed by atoms with Crippen LogP contribution in [0.15, 0.2) is 46.9 Å². The molecule has 6 rings (SSSR count). The van der Waals surface area contributed by atoms with Crippen molar-refractivity contribution in [1.82, 2.24) is 4.90 Å². The van der Waals surface area contributed by atoms with E-state index in [1.54, 1.807) is 0 Å². The van der Waals surface area contributed by atoms with E-state index >= 15 is 0 Å². The summed E-state index contributed by atoms with van der Waals surface area (Å²) in [7, 11) is 0. The first-order chi connectivity index (χ1) is 14.7. The quantitative estimate of drug-likeness (QED) is 0.600. The molecule has 0 fully saturated rings. The highest BCUT2D eigenvalue weighted by atomic mass is 16.3. The minimum Gasteiger partial charge on any atom is -0.459 e. The Labute approximate surface area is 177 Å². The molecule has 1 atom stereocenters. The van der Waals surface area contributed by atoms with E-state index in [2.05, 4.69) is 46.6 Å². The van der Waals surface area contributed by atoms with Gasteiger partial charge in [0, 0.05) is 23.2 Å². The second-order valence-corrected chi connectivity index (χ2v) is 9.21. The van der Waals surface area contributed by atoms with Crippen molar-refractivity contribution >= 4 is 22.6 Å². The number of benzene rings is 2. The number of anilines is 1. The molecule has 0 spiro atoms. The number of carbonyl (C=O) groups is 1. The average Bonchev–Trinajstić information content (AvgIpc) is 3.28. The highest BCUT2D eigenvalue weighted by Gasteiger charge is 2.48. The summed E-state index contributed by atoms with van der Waals surface area (Å²) in [5.74, 6) is 1.37. The number of para-hydroxylation sites is 1. The summed E-state index contributed by atoms with van der Waals surface area (Å²) in [4.78, 5) is 15.5. The average molecular weight is 401 g/mol. The van der Waals surface area contributed by atoms with Gasteiger partial charge in [0.15, 0.2) is 0 Å². The number of amides is 1. The molecule has 3 heterocycles. The largest absolute Gasteiger partial charge is 0.459 e. The van der Waals surface area contributed by atoms with Gasteiger partial charge in [0.2, 0.25) is 5.91 Å². The van der Waals surface area contributed by atoms with Gasteiger partial charge < -0.3 is 9.73 Å². The molecular formula is C26H28N2O2. The highest BCUT2D eigenvalue weighted by Crippen LogP contribution is 2.49. The van der Waals surface area contributed by atoms with Crippen LogP contribution in [-0.2, 0) is 29.6 Å². The molecule has 2 aliphatic heterocycles. The lowest BCUT2D eigenvalue weighted by Gasteiger charge is -2.33. The third kappa shape index (κ3) is 2.73. The fourth-order valence-corrected chi connectivity index (χ4v) is 6.07. The maximum Gasteiger partial charge on any atom is 0.235 e. The number of rotatable bonds is 5. The van der Waals surface area contributed by atoms with E-state index in [0.29, 0.717) is 0 Å².